The molecule has 0 aliphatic carbocycles. The van der Waals surface area contributed by atoms with Gasteiger partial charge in [-0.1, -0.05) is 6.08 Å². The lowest BCUT2D eigenvalue weighted by molar-refractivity contribution is -0.128. The molecule has 0 spiro atoms. The van der Waals surface area contributed by atoms with Gasteiger partial charge < -0.3 is 9.64 Å². The summed E-state index contributed by atoms with van der Waals surface area (Å²) in [7, 11) is 0. The number of amides is 1. The number of carbonyl (C=O) groups excluding carboxylic acids is 1. The molecule has 0 N–H and O–H groups in total. The van der Waals surface area contributed by atoms with E-state index in [4.69, 9.17) is 4.74 Å². The number of ether oxygens (including phenoxy) is 1. The Kier molecular flexibility index (Phi) is 3.41. The van der Waals surface area contributed by atoms with Crippen molar-refractivity contribution in [3.05, 3.63) is 12.7 Å². The van der Waals surface area contributed by atoms with Crippen molar-refractivity contribution in [1.82, 2.24) is 4.90 Å². The van der Waals surface area contributed by atoms with E-state index in [9.17, 15) is 4.79 Å². The predicted molar refractivity (Wildman–Crippen MR) is 58.4 cm³/mol. The van der Waals surface area contributed by atoms with Crippen LogP contribution in [0.1, 0.15) is 19.3 Å². The molecule has 0 radical (unpaired) electrons. The molecule has 2 aliphatic rings. The van der Waals surface area contributed by atoms with E-state index in [1.165, 1.54) is 0 Å². The molecule has 0 bridgehead atoms. The summed E-state index contributed by atoms with van der Waals surface area (Å²) in [6.45, 7) is 7.27. The fourth-order valence-electron chi connectivity index (χ4n) is 2.38. The molecule has 0 aromatic carbocycles. The minimum Gasteiger partial charge on any atom is -0.381 e. The lowest BCUT2D eigenvalue weighted by atomic mass is 10.00. The molecule has 2 saturated heterocycles. The summed E-state index contributed by atoms with van der Waals surface area (Å²) in [5.74, 6) is 1.31. The molecule has 1 amide bonds. The van der Waals surface area contributed by atoms with Crippen molar-refractivity contribution in [2.45, 2.75) is 19.3 Å². The van der Waals surface area contributed by atoms with Gasteiger partial charge in [0.2, 0.25) is 5.91 Å². The minimum atomic E-state index is 0.298. The summed E-state index contributed by atoms with van der Waals surface area (Å²) in [4.78, 5) is 13.7. The van der Waals surface area contributed by atoms with Gasteiger partial charge in [0.25, 0.3) is 0 Å². The zero-order valence-corrected chi connectivity index (χ0v) is 9.15. The maximum absolute atomic E-state index is 11.7. The van der Waals surface area contributed by atoms with Crippen molar-refractivity contribution in [1.29, 1.82) is 0 Å². The van der Waals surface area contributed by atoms with Gasteiger partial charge in [-0.25, -0.2) is 0 Å². The molecule has 1 unspecified atom stereocenters. The fraction of sp³-hybridized carbons (Fsp3) is 0.750. The van der Waals surface area contributed by atoms with E-state index in [1.54, 1.807) is 0 Å². The second-order valence-corrected chi connectivity index (χ2v) is 4.55. The van der Waals surface area contributed by atoms with E-state index < -0.39 is 0 Å². The molecule has 0 aromatic rings. The van der Waals surface area contributed by atoms with E-state index in [-0.39, 0.29) is 0 Å². The van der Waals surface area contributed by atoms with Crippen LogP contribution in [0, 0.1) is 11.8 Å². The fourth-order valence-corrected chi connectivity index (χ4v) is 2.38. The average Bonchev–Trinajstić information content (AvgIpc) is 2.61. The topological polar surface area (TPSA) is 29.5 Å². The van der Waals surface area contributed by atoms with E-state index in [0.717, 1.165) is 39.1 Å². The maximum atomic E-state index is 11.7. The molecule has 84 valence electrons. The van der Waals surface area contributed by atoms with Crippen LogP contribution in [0.15, 0.2) is 12.7 Å². The van der Waals surface area contributed by atoms with Gasteiger partial charge in [-0.05, 0) is 18.8 Å². The number of nitrogens with zero attached hydrogens (tertiary/aromatic N) is 1. The van der Waals surface area contributed by atoms with Gasteiger partial charge in [-0.3, -0.25) is 4.79 Å². The largest absolute Gasteiger partial charge is 0.381 e. The third-order valence-electron chi connectivity index (χ3n) is 3.40. The predicted octanol–water partition coefficient (Wildman–Crippen LogP) is 1.45. The summed E-state index contributed by atoms with van der Waals surface area (Å²) in [6.07, 6.45) is 4.76. The molecule has 2 fully saturated rings. The summed E-state index contributed by atoms with van der Waals surface area (Å²) in [6, 6.07) is 0. The first-order chi connectivity index (χ1) is 7.29. The van der Waals surface area contributed by atoms with Crippen LogP contribution < -0.4 is 0 Å². The van der Waals surface area contributed by atoms with Crippen molar-refractivity contribution >= 4 is 5.91 Å². The number of carbonyl (C=O) groups is 1. The first kappa shape index (κ1) is 10.7. The third kappa shape index (κ3) is 2.59. The van der Waals surface area contributed by atoms with Crippen molar-refractivity contribution in [3.63, 3.8) is 0 Å². The van der Waals surface area contributed by atoms with Crippen LogP contribution in [0.4, 0.5) is 0 Å². The number of rotatable bonds is 3. The maximum Gasteiger partial charge on any atom is 0.223 e. The first-order valence-electron chi connectivity index (χ1n) is 5.77. The zero-order chi connectivity index (χ0) is 10.7. The van der Waals surface area contributed by atoms with Gasteiger partial charge in [-0.15, -0.1) is 6.58 Å². The van der Waals surface area contributed by atoms with Crippen molar-refractivity contribution in [2.75, 3.05) is 26.3 Å². The van der Waals surface area contributed by atoms with Crippen LogP contribution in [0.3, 0.4) is 0 Å². The Balaban J connectivity index is 1.83. The zero-order valence-electron chi connectivity index (χ0n) is 9.15. The van der Waals surface area contributed by atoms with Gasteiger partial charge >= 0.3 is 0 Å². The molecule has 1 atom stereocenters. The van der Waals surface area contributed by atoms with Crippen LogP contribution in [0.2, 0.25) is 0 Å². The van der Waals surface area contributed by atoms with E-state index in [2.05, 4.69) is 6.58 Å². The third-order valence-corrected chi connectivity index (χ3v) is 3.40. The molecular weight excluding hydrogens is 190 g/mol. The van der Waals surface area contributed by atoms with E-state index >= 15 is 0 Å². The van der Waals surface area contributed by atoms with Crippen molar-refractivity contribution < 1.29 is 9.53 Å². The molecule has 15 heavy (non-hydrogen) atoms. The Bertz CT molecular complexity index is 246. The molecule has 2 aliphatic heterocycles. The summed E-state index contributed by atoms with van der Waals surface area (Å²) >= 11 is 0. The molecular formula is C12H19NO2. The average molecular weight is 209 g/mol. The Morgan fingerprint density at radius 2 is 2.20 bits per heavy atom. The highest BCUT2D eigenvalue weighted by atomic mass is 16.5. The van der Waals surface area contributed by atoms with Crippen LogP contribution >= 0.6 is 0 Å². The van der Waals surface area contributed by atoms with Crippen molar-refractivity contribution in [3.8, 4) is 0 Å². The summed E-state index contributed by atoms with van der Waals surface area (Å²) in [5, 5.41) is 0. The van der Waals surface area contributed by atoms with Crippen LogP contribution in [-0.2, 0) is 9.53 Å². The Morgan fingerprint density at radius 1 is 1.47 bits per heavy atom. The van der Waals surface area contributed by atoms with Crippen molar-refractivity contribution in [2.24, 2.45) is 11.8 Å². The molecule has 0 aromatic heterocycles. The molecule has 0 saturated carbocycles. The Hall–Kier alpha value is -0.830. The Labute approximate surface area is 91.1 Å². The normalized spacial score (nSPS) is 28.4. The SMILES string of the molecule is C=CC1CC(=O)N(CC2CCOCC2)C1. The van der Waals surface area contributed by atoms with Crippen LogP contribution in [0.25, 0.3) is 0 Å². The van der Waals surface area contributed by atoms with Crippen LogP contribution in [-0.4, -0.2) is 37.1 Å². The van der Waals surface area contributed by atoms with Gasteiger partial charge in [0.15, 0.2) is 0 Å². The second-order valence-electron chi connectivity index (χ2n) is 4.55. The second kappa shape index (κ2) is 4.79. The molecule has 3 nitrogen and oxygen atoms in total. The Morgan fingerprint density at radius 3 is 2.80 bits per heavy atom. The smallest absolute Gasteiger partial charge is 0.223 e. The van der Waals surface area contributed by atoms with E-state index in [1.807, 2.05) is 11.0 Å². The quantitative estimate of drug-likeness (QED) is 0.658. The number of hydrogen-bond acceptors (Lipinski definition) is 2. The summed E-state index contributed by atoms with van der Waals surface area (Å²) < 4.78 is 5.31. The lowest BCUT2D eigenvalue weighted by Gasteiger charge is -2.27. The highest BCUT2D eigenvalue weighted by molar-refractivity contribution is 5.78. The number of likely N-dealkylation sites (tertiary alicyclic amines) is 1. The van der Waals surface area contributed by atoms with Gasteiger partial charge in [0, 0.05) is 38.6 Å². The minimum absolute atomic E-state index is 0.298. The monoisotopic (exact) mass is 209 g/mol. The molecule has 2 heterocycles. The van der Waals surface area contributed by atoms with Gasteiger partial charge in [0.1, 0.15) is 0 Å². The van der Waals surface area contributed by atoms with Crippen LogP contribution in [0.5, 0.6) is 0 Å². The highest BCUT2D eigenvalue weighted by Crippen LogP contribution is 2.23. The first-order valence-corrected chi connectivity index (χ1v) is 5.77. The highest BCUT2D eigenvalue weighted by Gasteiger charge is 2.29. The standard InChI is InChI=1S/C12H19NO2/c1-2-10-7-12(14)13(8-10)9-11-3-5-15-6-4-11/h2,10-11H,1,3-9H2. The molecule has 2 rings (SSSR count). The molecule has 3 heteroatoms. The van der Waals surface area contributed by atoms with Gasteiger partial charge in [-0.2, -0.15) is 0 Å². The van der Waals surface area contributed by atoms with Gasteiger partial charge in [0.05, 0.1) is 0 Å². The summed E-state index contributed by atoms with van der Waals surface area (Å²) in [5.41, 5.74) is 0. The lowest BCUT2D eigenvalue weighted by Crippen LogP contribution is -2.33. The van der Waals surface area contributed by atoms with E-state index in [0.29, 0.717) is 24.2 Å². The number of hydrogen-bond donors (Lipinski definition) is 0.